The van der Waals surface area contributed by atoms with Crippen molar-refractivity contribution in [2.75, 3.05) is 18.0 Å². The third kappa shape index (κ3) is 4.00. The molecule has 1 atom stereocenters. The zero-order valence-corrected chi connectivity index (χ0v) is 16.0. The van der Waals surface area contributed by atoms with Crippen LogP contribution in [0.5, 0.6) is 0 Å². The molecule has 1 aliphatic rings. The van der Waals surface area contributed by atoms with Crippen molar-refractivity contribution in [3.63, 3.8) is 0 Å². The fourth-order valence-electron chi connectivity index (χ4n) is 2.65. The van der Waals surface area contributed by atoms with Crippen molar-refractivity contribution in [2.45, 2.75) is 24.8 Å². The molecule has 1 fully saturated rings. The lowest BCUT2D eigenvalue weighted by Crippen LogP contribution is -2.34. The summed E-state index contributed by atoms with van der Waals surface area (Å²) in [6.07, 6.45) is -1.11. The number of aryl methyl sites for hydroxylation is 2. The maximum absolute atomic E-state index is 12.4. The van der Waals surface area contributed by atoms with Gasteiger partial charge in [0.25, 0.3) is 0 Å². The first-order valence-corrected chi connectivity index (χ1v) is 9.93. The first-order valence-electron chi connectivity index (χ1n) is 8.07. The van der Waals surface area contributed by atoms with Crippen LogP contribution in [0, 0.1) is 13.8 Å². The number of sulfonamides is 1. The normalized spacial score (nSPS) is 17.4. The first kappa shape index (κ1) is 18.7. The molecule has 26 heavy (non-hydrogen) atoms. The number of amides is 1. The van der Waals surface area contributed by atoms with Crippen molar-refractivity contribution in [2.24, 2.45) is 0 Å². The minimum atomic E-state index is -3.67. The summed E-state index contributed by atoms with van der Waals surface area (Å²) in [5.74, 6) is 0. The Hall–Kier alpha value is -2.09. The molecule has 1 N–H and O–H groups in total. The van der Waals surface area contributed by atoms with E-state index in [-0.39, 0.29) is 18.0 Å². The minimum Gasteiger partial charge on any atom is -0.443 e. The van der Waals surface area contributed by atoms with E-state index in [0.717, 1.165) is 11.1 Å². The molecule has 1 aliphatic heterocycles. The van der Waals surface area contributed by atoms with Crippen molar-refractivity contribution in [1.29, 1.82) is 0 Å². The number of benzene rings is 2. The molecule has 6 nitrogen and oxygen atoms in total. The zero-order chi connectivity index (χ0) is 18.9. The number of hydrogen-bond donors (Lipinski definition) is 1. The van der Waals surface area contributed by atoms with Crippen LogP contribution in [0.1, 0.15) is 11.1 Å². The van der Waals surface area contributed by atoms with Crippen LogP contribution in [0.2, 0.25) is 5.02 Å². The Labute approximate surface area is 157 Å². The maximum atomic E-state index is 12.4. The van der Waals surface area contributed by atoms with Crippen LogP contribution < -0.4 is 9.62 Å². The lowest BCUT2D eigenvalue weighted by atomic mass is 10.1. The van der Waals surface area contributed by atoms with Gasteiger partial charge < -0.3 is 4.74 Å². The van der Waals surface area contributed by atoms with Crippen LogP contribution in [0.25, 0.3) is 0 Å². The highest BCUT2D eigenvalue weighted by molar-refractivity contribution is 7.89. The monoisotopic (exact) mass is 394 g/mol. The number of ether oxygens (including phenoxy) is 1. The van der Waals surface area contributed by atoms with Gasteiger partial charge in [0.1, 0.15) is 6.10 Å². The lowest BCUT2D eigenvalue weighted by molar-refractivity contribution is 0.143. The molecule has 1 unspecified atom stereocenters. The Morgan fingerprint density at radius 2 is 1.96 bits per heavy atom. The molecular weight excluding hydrogens is 376 g/mol. The summed E-state index contributed by atoms with van der Waals surface area (Å²) in [4.78, 5) is 13.7. The van der Waals surface area contributed by atoms with Gasteiger partial charge in [-0.3, -0.25) is 4.90 Å². The summed E-state index contributed by atoms with van der Waals surface area (Å²) in [7, 11) is -3.67. The zero-order valence-electron chi connectivity index (χ0n) is 14.4. The summed E-state index contributed by atoms with van der Waals surface area (Å²) in [5.41, 5.74) is 2.53. The van der Waals surface area contributed by atoms with Crippen molar-refractivity contribution < 1.29 is 17.9 Å². The van der Waals surface area contributed by atoms with Crippen LogP contribution in [-0.4, -0.2) is 33.7 Å². The number of carbonyl (C=O) groups excluding carboxylic acids is 1. The summed E-state index contributed by atoms with van der Waals surface area (Å²) >= 11 is 5.95. The van der Waals surface area contributed by atoms with Crippen LogP contribution in [0.15, 0.2) is 47.4 Å². The van der Waals surface area contributed by atoms with E-state index in [1.807, 2.05) is 13.8 Å². The van der Waals surface area contributed by atoms with Gasteiger partial charge in [0.15, 0.2) is 0 Å². The van der Waals surface area contributed by atoms with Gasteiger partial charge in [0.05, 0.1) is 11.4 Å². The number of nitrogens with zero attached hydrogens (tertiary/aromatic N) is 1. The number of halogens is 1. The molecule has 138 valence electrons. The number of hydrogen-bond acceptors (Lipinski definition) is 4. The van der Waals surface area contributed by atoms with Crippen molar-refractivity contribution >= 4 is 33.4 Å². The van der Waals surface area contributed by atoms with Gasteiger partial charge in [-0.1, -0.05) is 23.7 Å². The Kier molecular flexibility index (Phi) is 5.22. The SMILES string of the molecule is Cc1ccc(S(=O)(=O)NCC2CN(c3cccc(Cl)c3)C(=O)O2)cc1C. The summed E-state index contributed by atoms with van der Waals surface area (Å²) in [5, 5.41) is 0.509. The van der Waals surface area contributed by atoms with Crippen LogP contribution in [0.4, 0.5) is 10.5 Å². The van der Waals surface area contributed by atoms with Crippen molar-refractivity contribution in [3.05, 3.63) is 58.6 Å². The first-order chi connectivity index (χ1) is 12.3. The molecule has 1 saturated heterocycles. The van der Waals surface area contributed by atoms with Gasteiger partial charge in [-0.25, -0.2) is 17.9 Å². The Bertz CT molecular complexity index is 946. The van der Waals surface area contributed by atoms with Crippen LogP contribution >= 0.6 is 11.6 Å². The summed E-state index contributed by atoms with van der Waals surface area (Å²) in [6, 6.07) is 11.8. The average Bonchev–Trinajstić information content (AvgIpc) is 2.96. The van der Waals surface area contributed by atoms with E-state index >= 15 is 0 Å². The third-order valence-corrected chi connectivity index (χ3v) is 5.94. The predicted octanol–water partition coefficient (Wildman–Crippen LogP) is 3.26. The number of carbonyl (C=O) groups is 1. The molecule has 0 aliphatic carbocycles. The molecule has 0 saturated carbocycles. The van der Waals surface area contributed by atoms with Crippen molar-refractivity contribution in [1.82, 2.24) is 4.72 Å². The highest BCUT2D eigenvalue weighted by Crippen LogP contribution is 2.24. The molecule has 2 aromatic rings. The largest absolute Gasteiger partial charge is 0.443 e. The van der Waals surface area contributed by atoms with E-state index in [1.165, 1.54) is 4.90 Å². The second-order valence-electron chi connectivity index (χ2n) is 6.19. The van der Waals surface area contributed by atoms with Gasteiger partial charge in [-0.05, 0) is 55.3 Å². The van der Waals surface area contributed by atoms with E-state index in [1.54, 1.807) is 42.5 Å². The topological polar surface area (TPSA) is 75.7 Å². The Balaban J connectivity index is 1.66. The highest BCUT2D eigenvalue weighted by atomic mass is 35.5. The molecule has 0 bridgehead atoms. The third-order valence-electron chi connectivity index (χ3n) is 4.28. The molecular formula is C18H19ClN2O4S. The summed E-state index contributed by atoms with van der Waals surface area (Å²) in [6.45, 7) is 4.02. The number of rotatable bonds is 5. The Morgan fingerprint density at radius 1 is 1.19 bits per heavy atom. The van der Waals surface area contributed by atoms with E-state index in [4.69, 9.17) is 16.3 Å². The standard InChI is InChI=1S/C18H19ClN2O4S/c1-12-6-7-17(8-13(12)2)26(23,24)20-10-16-11-21(18(22)25-16)15-5-3-4-14(19)9-15/h3-9,16,20H,10-11H2,1-2H3. The molecule has 8 heteroatoms. The molecule has 0 aromatic heterocycles. The van der Waals surface area contributed by atoms with Gasteiger partial charge >= 0.3 is 6.09 Å². The fraction of sp³-hybridized carbons (Fsp3) is 0.278. The number of cyclic esters (lactones) is 1. The van der Waals surface area contributed by atoms with Crippen molar-refractivity contribution in [3.8, 4) is 0 Å². The molecule has 0 spiro atoms. The number of nitrogens with one attached hydrogen (secondary N) is 1. The molecule has 2 aromatic carbocycles. The molecule has 0 radical (unpaired) electrons. The second kappa shape index (κ2) is 7.26. The maximum Gasteiger partial charge on any atom is 0.414 e. The highest BCUT2D eigenvalue weighted by Gasteiger charge is 2.33. The van der Waals surface area contributed by atoms with E-state index in [9.17, 15) is 13.2 Å². The lowest BCUT2D eigenvalue weighted by Gasteiger charge is -2.13. The minimum absolute atomic E-state index is 0.00192. The van der Waals surface area contributed by atoms with Gasteiger partial charge in [-0.2, -0.15) is 0 Å². The van der Waals surface area contributed by atoms with E-state index < -0.39 is 22.2 Å². The molecule has 1 amide bonds. The van der Waals surface area contributed by atoms with Gasteiger partial charge in [0, 0.05) is 17.3 Å². The van der Waals surface area contributed by atoms with E-state index in [2.05, 4.69) is 4.72 Å². The van der Waals surface area contributed by atoms with Crippen LogP contribution in [0.3, 0.4) is 0 Å². The number of anilines is 1. The van der Waals surface area contributed by atoms with Gasteiger partial charge in [0.2, 0.25) is 10.0 Å². The molecule has 3 rings (SSSR count). The Morgan fingerprint density at radius 3 is 2.65 bits per heavy atom. The fourth-order valence-corrected chi connectivity index (χ4v) is 3.99. The smallest absolute Gasteiger partial charge is 0.414 e. The van der Waals surface area contributed by atoms with Crippen LogP contribution in [-0.2, 0) is 14.8 Å². The quantitative estimate of drug-likeness (QED) is 0.844. The summed E-state index contributed by atoms with van der Waals surface area (Å²) < 4.78 is 32.7. The van der Waals surface area contributed by atoms with Gasteiger partial charge in [-0.15, -0.1) is 0 Å². The predicted molar refractivity (Wildman–Crippen MR) is 100 cm³/mol. The van der Waals surface area contributed by atoms with E-state index in [0.29, 0.717) is 10.7 Å². The average molecular weight is 395 g/mol. The second-order valence-corrected chi connectivity index (χ2v) is 8.40. The molecule has 1 heterocycles.